The van der Waals surface area contributed by atoms with E-state index in [2.05, 4.69) is 5.32 Å². The van der Waals surface area contributed by atoms with Gasteiger partial charge in [-0.1, -0.05) is 78.4 Å². The number of nitrogens with zero attached hydrogens (tertiary/aromatic N) is 2. The Morgan fingerprint density at radius 1 is 0.791 bits per heavy atom. The fraction of sp³-hybridized carbons (Fsp3) is 0.235. The number of amides is 2. The van der Waals surface area contributed by atoms with Crippen LogP contribution < -0.4 is 9.62 Å². The van der Waals surface area contributed by atoms with Crippen molar-refractivity contribution < 1.29 is 22.4 Å². The van der Waals surface area contributed by atoms with Gasteiger partial charge >= 0.3 is 0 Å². The van der Waals surface area contributed by atoms with Crippen molar-refractivity contribution in [3.05, 3.63) is 132 Å². The number of rotatable bonds is 12. The molecule has 0 bridgehead atoms. The zero-order valence-corrected chi connectivity index (χ0v) is 25.3. The summed E-state index contributed by atoms with van der Waals surface area (Å²) >= 11 is 0. The molecule has 224 valence electrons. The van der Waals surface area contributed by atoms with Crippen LogP contribution in [-0.4, -0.2) is 43.8 Å². The Bertz CT molecular complexity index is 1610. The van der Waals surface area contributed by atoms with E-state index in [0.717, 1.165) is 33.1 Å². The summed E-state index contributed by atoms with van der Waals surface area (Å²) in [5.74, 6) is -1.47. The normalized spacial score (nSPS) is 12.0. The molecule has 0 aliphatic carbocycles. The van der Waals surface area contributed by atoms with E-state index in [1.54, 1.807) is 18.2 Å². The van der Waals surface area contributed by atoms with Crippen LogP contribution >= 0.6 is 0 Å². The van der Waals surface area contributed by atoms with Crippen LogP contribution in [0, 0.1) is 12.7 Å². The molecule has 0 fully saturated rings. The van der Waals surface area contributed by atoms with E-state index >= 15 is 0 Å². The number of anilines is 1. The van der Waals surface area contributed by atoms with Crippen LogP contribution in [0.1, 0.15) is 30.5 Å². The lowest BCUT2D eigenvalue weighted by molar-refractivity contribution is -0.140. The highest BCUT2D eigenvalue weighted by atomic mass is 32.2. The van der Waals surface area contributed by atoms with Crippen LogP contribution in [0.5, 0.6) is 0 Å². The number of sulfonamides is 1. The molecule has 43 heavy (non-hydrogen) atoms. The van der Waals surface area contributed by atoms with Gasteiger partial charge in [-0.2, -0.15) is 0 Å². The van der Waals surface area contributed by atoms with Crippen LogP contribution in [-0.2, 0) is 32.6 Å². The summed E-state index contributed by atoms with van der Waals surface area (Å²) in [6, 6.07) is 28.5. The summed E-state index contributed by atoms with van der Waals surface area (Å²) in [5, 5.41) is 2.93. The summed E-state index contributed by atoms with van der Waals surface area (Å²) < 4.78 is 42.6. The van der Waals surface area contributed by atoms with Gasteiger partial charge in [0.25, 0.3) is 10.0 Å². The Morgan fingerprint density at radius 3 is 1.95 bits per heavy atom. The lowest BCUT2D eigenvalue weighted by Gasteiger charge is -2.34. The van der Waals surface area contributed by atoms with E-state index < -0.39 is 34.3 Å². The molecular weight excluding hydrogens is 565 g/mol. The van der Waals surface area contributed by atoms with Gasteiger partial charge in [-0.05, 0) is 68.3 Å². The van der Waals surface area contributed by atoms with Gasteiger partial charge in [0.1, 0.15) is 18.4 Å². The van der Waals surface area contributed by atoms with Gasteiger partial charge in [0.05, 0.1) is 10.6 Å². The molecule has 0 heterocycles. The lowest BCUT2D eigenvalue weighted by Crippen LogP contribution is -2.54. The molecule has 7 nitrogen and oxygen atoms in total. The topological polar surface area (TPSA) is 86.8 Å². The highest BCUT2D eigenvalue weighted by molar-refractivity contribution is 7.92. The monoisotopic (exact) mass is 601 g/mol. The third kappa shape index (κ3) is 8.29. The highest BCUT2D eigenvalue weighted by Gasteiger charge is 2.34. The molecule has 0 saturated heterocycles. The quantitative estimate of drug-likeness (QED) is 0.233. The Kier molecular flexibility index (Phi) is 10.3. The smallest absolute Gasteiger partial charge is 0.264 e. The van der Waals surface area contributed by atoms with Crippen molar-refractivity contribution in [1.29, 1.82) is 0 Å². The van der Waals surface area contributed by atoms with Gasteiger partial charge in [0.2, 0.25) is 11.8 Å². The first-order chi connectivity index (χ1) is 20.5. The van der Waals surface area contributed by atoms with Gasteiger partial charge in [0, 0.05) is 19.0 Å². The SMILES string of the molecule is Cc1ccc(CN(C(=O)CN(c2ccc(F)cc2)S(=O)(=O)c2ccccc2)[C@H](Cc2ccccc2)C(=O)NC(C)C)cc1. The van der Waals surface area contributed by atoms with Crippen LogP contribution in [0.4, 0.5) is 10.1 Å². The zero-order valence-electron chi connectivity index (χ0n) is 24.5. The molecule has 4 rings (SSSR count). The van der Waals surface area contributed by atoms with E-state index in [4.69, 9.17) is 0 Å². The van der Waals surface area contributed by atoms with Gasteiger partial charge < -0.3 is 10.2 Å². The second-order valence-corrected chi connectivity index (χ2v) is 12.5. The average Bonchev–Trinajstić information content (AvgIpc) is 2.99. The molecule has 0 unspecified atom stereocenters. The van der Waals surface area contributed by atoms with Crippen LogP contribution in [0.2, 0.25) is 0 Å². The average molecular weight is 602 g/mol. The minimum Gasteiger partial charge on any atom is -0.352 e. The number of carbonyl (C=O) groups is 2. The van der Waals surface area contributed by atoms with Gasteiger partial charge in [0.15, 0.2) is 0 Å². The molecule has 0 aromatic heterocycles. The molecule has 4 aromatic rings. The van der Waals surface area contributed by atoms with Crippen molar-refractivity contribution in [2.75, 3.05) is 10.8 Å². The van der Waals surface area contributed by atoms with Gasteiger partial charge in [-0.25, -0.2) is 12.8 Å². The van der Waals surface area contributed by atoms with Crippen LogP contribution in [0.3, 0.4) is 0 Å². The first-order valence-electron chi connectivity index (χ1n) is 14.1. The fourth-order valence-electron chi connectivity index (χ4n) is 4.68. The molecule has 0 aliphatic rings. The maximum atomic E-state index is 14.3. The number of hydrogen-bond donors (Lipinski definition) is 1. The van der Waals surface area contributed by atoms with Crippen molar-refractivity contribution in [3.63, 3.8) is 0 Å². The number of nitrogens with one attached hydrogen (secondary N) is 1. The molecule has 2 amide bonds. The summed E-state index contributed by atoms with van der Waals surface area (Å²) in [5.41, 5.74) is 2.80. The van der Waals surface area contributed by atoms with Gasteiger partial charge in [-0.3, -0.25) is 13.9 Å². The number of aryl methyl sites for hydroxylation is 1. The largest absolute Gasteiger partial charge is 0.352 e. The summed E-state index contributed by atoms with van der Waals surface area (Å²) in [4.78, 5) is 29.4. The number of halogens is 1. The molecule has 1 N–H and O–H groups in total. The first-order valence-corrected chi connectivity index (χ1v) is 15.5. The third-order valence-corrected chi connectivity index (χ3v) is 8.69. The summed E-state index contributed by atoms with van der Waals surface area (Å²) in [7, 11) is -4.24. The van der Waals surface area contributed by atoms with E-state index in [0.29, 0.717) is 0 Å². The molecular formula is C34H36FN3O4S. The highest BCUT2D eigenvalue weighted by Crippen LogP contribution is 2.25. The molecule has 0 saturated carbocycles. The molecule has 0 radical (unpaired) electrons. The Labute approximate surface area is 253 Å². The minimum atomic E-state index is -4.24. The van der Waals surface area contributed by atoms with Crippen molar-refractivity contribution >= 4 is 27.5 Å². The molecule has 4 aromatic carbocycles. The number of carbonyl (C=O) groups excluding carboxylic acids is 2. The Hall–Kier alpha value is -4.50. The third-order valence-electron chi connectivity index (χ3n) is 6.90. The van der Waals surface area contributed by atoms with E-state index in [1.165, 1.54) is 29.2 Å². The Morgan fingerprint density at radius 2 is 1.37 bits per heavy atom. The van der Waals surface area contributed by atoms with Crippen molar-refractivity contribution in [2.45, 2.75) is 50.7 Å². The molecule has 9 heteroatoms. The summed E-state index contributed by atoms with van der Waals surface area (Å²) in [6.45, 7) is 5.11. The number of hydrogen-bond acceptors (Lipinski definition) is 4. The van der Waals surface area contributed by atoms with E-state index in [-0.39, 0.29) is 35.5 Å². The van der Waals surface area contributed by atoms with Crippen molar-refractivity contribution in [3.8, 4) is 0 Å². The zero-order chi connectivity index (χ0) is 31.0. The predicted molar refractivity (Wildman–Crippen MR) is 166 cm³/mol. The minimum absolute atomic E-state index is 0.0180. The first kappa shape index (κ1) is 31.4. The maximum absolute atomic E-state index is 14.3. The van der Waals surface area contributed by atoms with Crippen molar-refractivity contribution in [2.24, 2.45) is 0 Å². The van der Waals surface area contributed by atoms with E-state index in [1.807, 2.05) is 75.4 Å². The van der Waals surface area contributed by atoms with Gasteiger partial charge in [-0.15, -0.1) is 0 Å². The second kappa shape index (κ2) is 14.1. The molecule has 0 aliphatic heterocycles. The summed E-state index contributed by atoms with van der Waals surface area (Å²) in [6.07, 6.45) is 0.221. The van der Waals surface area contributed by atoms with Crippen LogP contribution in [0.15, 0.2) is 114 Å². The molecule has 1 atom stereocenters. The standard InChI is InChI=1S/C34H36FN3O4S/c1-25(2)36-34(40)32(22-27-10-6-4-7-11-27)37(23-28-16-14-26(3)15-17-28)33(39)24-38(30-20-18-29(35)19-21-30)43(41,42)31-12-8-5-9-13-31/h4-21,25,32H,22-24H2,1-3H3,(H,36,40)/t32-/m1/s1. The second-order valence-electron chi connectivity index (χ2n) is 10.7. The lowest BCUT2D eigenvalue weighted by atomic mass is 10.0. The van der Waals surface area contributed by atoms with Crippen molar-refractivity contribution in [1.82, 2.24) is 10.2 Å². The Balaban J connectivity index is 1.79. The maximum Gasteiger partial charge on any atom is 0.264 e. The van der Waals surface area contributed by atoms with Crippen LogP contribution in [0.25, 0.3) is 0 Å². The van der Waals surface area contributed by atoms with E-state index in [9.17, 15) is 22.4 Å². The predicted octanol–water partition coefficient (Wildman–Crippen LogP) is 5.49. The fourth-order valence-corrected chi connectivity index (χ4v) is 6.12. The molecule has 0 spiro atoms. The number of benzene rings is 4.